The van der Waals surface area contributed by atoms with Gasteiger partial charge in [0, 0.05) is 24.9 Å². The fourth-order valence-corrected chi connectivity index (χ4v) is 1.66. The lowest BCUT2D eigenvalue weighted by atomic mass is 10.1. The van der Waals surface area contributed by atoms with E-state index in [4.69, 9.17) is 0 Å². The molecule has 1 N–H and O–H groups in total. The van der Waals surface area contributed by atoms with Crippen molar-refractivity contribution in [3.05, 3.63) is 59.7 Å². The number of phenols is 1. The van der Waals surface area contributed by atoms with Gasteiger partial charge in [0.1, 0.15) is 17.4 Å². The largest absolute Gasteiger partial charge is 0.508 e. The van der Waals surface area contributed by atoms with Crippen LogP contribution in [0.15, 0.2) is 42.5 Å². The molecule has 0 heterocycles. The zero-order valence-electron chi connectivity index (χ0n) is 10.1. The highest BCUT2D eigenvalue weighted by atomic mass is 19.1. The van der Waals surface area contributed by atoms with Crippen molar-refractivity contribution in [2.45, 2.75) is 0 Å². The highest BCUT2D eigenvalue weighted by Crippen LogP contribution is 2.21. The van der Waals surface area contributed by atoms with Gasteiger partial charge in [-0.15, -0.1) is 0 Å². The van der Waals surface area contributed by atoms with E-state index in [1.54, 1.807) is 12.1 Å². The molecule has 0 radical (unpaired) electrons. The van der Waals surface area contributed by atoms with Crippen molar-refractivity contribution < 1.29 is 18.7 Å². The Balaban J connectivity index is 2.33. The van der Waals surface area contributed by atoms with Crippen LogP contribution in [-0.4, -0.2) is 18.1 Å². The van der Waals surface area contributed by atoms with Crippen LogP contribution in [0.4, 0.5) is 14.5 Å². The molecule has 0 fully saturated rings. The van der Waals surface area contributed by atoms with E-state index >= 15 is 0 Å². The molecule has 2 aromatic carbocycles. The van der Waals surface area contributed by atoms with Gasteiger partial charge >= 0.3 is 0 Å². The Hall–Kier alpha value is -2.43. The summed E-state index contributed by atoms with van der Waals surface area (Å²) >= 11 is 0. The van der Waals surface area contributed by atoms with Gasteiger partial charge in [0.05, 0.1) is 5.56 Å². The summed E-state index contributed by atoms with van der Waals surface area (Å²) in [5, 5.41) is 9.34. The Morgan fingerprint density at radius 3 is 2.53 bits per heavy atom. The molecule has 0 unspecified atom stereocenters. The molecule has 0 aromatic heterocycles. The summed E-state index contributed by atoms with van der Waals surface area (Å²) in [5.41, 5.74) is 0.181. The van der Waals surface area contributed by atoms with E-state index in [-0.39, 0.29) is 11.3 Å². The van der Waals surface area contributed by atoms with Crippen molar-refractivity contribution in [3.63, 3.8) is 0 Å². The number of benzene rings is 2. The molecular formula is C14H11F2NO2. The summed E-state index contributed by atoms with van der Waals surface area (Å²) < 4.78 is 26.3. The zero-order chi connectivity index (χ0) is 14.0. The summed E-state index contributed by atoms with van der Waals surface area (Å²) in [7, 11) is 1.44. The summed E-state index contributed by atoms with van der Waals surface area (Å²) in [4.78, 5) is 13.2. The normalized spacial score (nSPS) is 10.3. The maximum absolute atomic E-state index is 13.5. The Kier molecular flexibility index (Phi) is 3.46. The fourth-order valence-electron chi connectivity index (χ4n) is 1.66. The summed E-state index contributed by atoms with van der Waals surface area (Å²) in [6, 6.07) is 8.76. The number of carbonyl (C=O) groups excluding carboxylic acids is 1. The fraction of sp³-hybridized carbons (Fsp3) is 0.0714. The number of aromatic hydroxyl groups is 1. The van der Waals surface area contributed by atoms with E-state index in [2.05, 4.69) is 0 Å². The first-order chi connectivity index (χ1) is 8.99. The van der Waals surface area contributed by atoms with E-state index in [0.717, 1.165) is 12.1 Å². The van der Waals surface area contributed by atoms with Crippen LogP contribution in [0.5, 0.6) is 5.75 Å². The minimum Gasteiger partial charge on any atom is -0.508 e. The molecule has 0 saturated carbocycles. The number of nitrogens with zero attached hydrogens (tertiary/aromatic N) is 1. The second kappa shape index (κ2) is 5.06. The van der Waals surface area contributed by atoms with Crippen molar-refractivity contribution in [3.8, 4) is 5.75 Å². The molecule has 2 rings (SSSR count). The van der Waals surface area contributed by atoms with E-state index in [1.807, 2.05) is 0 Å². The van der Waals surface area contributed by atoms with Gasteiger partial charge in [-0.1, -0.05) is 6.07 Å². The van der Waals surface area contributed by atoms with Gasteiger partial charge in [-0.05, 0) is 24.3 Å². The maximum Gasteiger partial charge on any atom is 0.260 e. The summed E-state index contributed by atoms with van der Waals surface area (Å²) in [6.45, 7) is 0. The average molecular weight is 263 g/mol. The van der Waals surface area contributed by atoms with Crippen LogP contribution in [0.25, 0.3) is 0 Å². The van der Waals surface area contributed by atoms with Gasteiger partial charge in [0.25, 0.3) is 5.91 Å². The van der Waals surface area contributed by atoms with E-state index in [9.17, 15) is 18.7 Å². The van der Waals surface area contributed by atoms with Crippen molar-refractivity contribution in [2.75, 3.05) is 11.9 Å². The molecule has 3 nitrogen and oxygen atoms in total. The number of hydrogen-bond acceptors (Lipinski definition) is 2. The first-order valence-corrected chi connectivity index (χ1v) is 5.51. The van der Waals surface area contributed by atoms with Crippen LogP contribution in [0.2, 0.25) is 0 Å². The van der Waals surface area contributed by atoms with E-state index < -0.39 is 17.5 Å². The molecule has 19 heavy (non-hydrogen) atoms. The standard InChI is InChI=1S/C14H11F2NO2/c1-17(10-3-2-4-11(18)8-10)14(19)12-6-5-9(15)7-13(12)16/h2-8,18H,1H3. The SMILES string of the molecule is CN(C(=O)c1ccc(F)cc1F)c1cccc(O)c1. The topological polar surface area (TPSA) is 40.5 Å². The van der Waals surface area contributed by atoms with Crippen LogP contribution in [0.1, 0.15) is 10.4 Å². The first-order valence-electron chi connectivity index (χ1n) is 5.51. The summed E-state index contributed by atoms with van der Waals surface area (Å²) in [5.74, 6) is -2.29. The number of rotatable bonds is 2. The molecule has 1 amide bonds. The lowest BCUT2D eigenvalue weighted by Crippen LogP contribution is -2.27. The highest BCUT2D eigenvalue weighted by Gasteiger charge is 2.18. The lowest BCUT2D eigenvalue weighted by Gasteiger charge is -2.17. The Morgan fingerprint density at radius 1 is 1.16 bits per heavy atom. The van der Waals surface area contributed by atoms with Gasteiger partial charge < -0.3 is 10.0 Å². The summed E-state index contributed by atoms with van der Waals surface area (Å²) in [6.07, 6.45) is 0. The van der Waals surface area contributed by atoms with Crippen LogP contribution in [-0.2, 0) is 0 Å². The molecule has 0 saturated heterocycles. The zero-order valence-corrected chi connectivity index (χ0v) is 10.1. The predicted molar refractivity (Wildman–Crippen MR) is 67.2 cm³/mol. The monoisotopic (exact) mass is 263 g/mol. The third-order valence-electron chi connectivity index (χ3n) is 2.68. The van der Waals surface area contributed by atoms with Gasteiger partial charge in [0.15, 0.2) is 0 Å². The number of carbonyl (C=O) groups is 1. The van der Waals surface area contributed by atoms with Crippen molar-refractivity contribution in [2.24, 2.45) is 0 Å². The van der Waals surface area contributed by atoms with Crippen LogP contribution < -0.4 is 4.90 Å². The lowest BCUT2D eigenvalue weighted by molar-refractivity contribution is 0.0989. The molecule has 0 atom stereocenters. The van der Waals surface area contributed by atoms with Gasteiger partial charge in [-0.2, -0.15) is 0 Å². The number of hydrogen-bond donors (Lipinski definition) is 1. The number of anilines is 1. The molecule has 0 aliphatic rings. The van der Waals surface area contributed by atoms with Gasteiger partial charge in [0.2, 0.25) is 0 Å². The Morgan fingerprint density at radius 2 is 1.89 bits per heavy atom. The van der Waals surface area contributed by atoms with Gasteiger partial charge in [-0.3, -0.25) is 4.79 Å². The smallest absolute Gasteiger partial charge is 0.260 e. The van der Waals surface area contributed by atoms with E-state index in [1.165, 1.54) is 24.1 Å². The van der Waals surface area contributed by atoms with Crippen LogP contribution >= 0.6 is 0 Å². The minimum absolute atomic E-state index is 0.00303. The molecule has 5 heteroatoms. The molecule has 0 spiro atoms. The number of halogens is 2. The highest BCUT2D eigenvalue weighted by molar-refractivity contribution is 6.05. The third kappa shape index (κ3) is 2.70. The maximum atomic E-state index is 13.5. The average Bonchev–Trinajstić information content (AvgIpc) is 2.37. The second-order valence-electron chi connectivity index (χ2n) is 4.01. The molecule has 0 bridgehead atoms. The molecular weight excluding hydrogens is 252 g/mol. The molecule has 2 aromatic rings. The van der Waals surface area contributed by atoms with Gasteiger partial charge in [-0.25, -0.2) is 8.78 Å². The van der Waals surface area contributed by atoms with Crippen LogP contribution in [0.3, 0.4) is 0 Å². The van der Waals surface area contributed by atoms with Crippen molar-refractivity contribution in [1.82, 2.24) is 0 Å². The number of phenolic OH excluding ortho intramolecular Hbond substituents is 1. The van der Waals surface area contributed by atoms with E-state index in [0.29, 0.717) is 11.8 Å². The number of amides is 1. The minimum atomic E-state index is -0.919. The van der Waals surface area contributed by atoms with Crippen molar-refractivity contribution >= 4 is 11.6 Å². The second-order valence-corrected chi connectivity index (χ2v) is 4.01. The Labute approximate surface area is 108 Å². The third-order valence-corrected chi connectivity index (χ3v) is 2.68. The molecule has 0 aliphatic heterocycles. The van der Waals surface area contributed by atoms with Crippen LogP contribution in [0, 0.1) is 11.6 Å². The quantitative estimate of drug-likeness (QED) is 0.905. The molecule has 98 valence electrons. The molecule has 0 aliphatic carbocycles. The predicted octanol–water partition coefficient (Wildman–Crippen LogP) is 2.95. The first kappa shape index (κ1) is 13.0. The van der Waals surface area contributed by atoms with Crippen molar-refractivity contribution in [1.29, 1.82) is 0 Å². The Bertz CT molecular complexity index is 629.